The third-order valence-electron chi connectivity index (χ3n) is 6.78. The fourth-order valence-electron chi connectivity index (χ4n) is 4.60. The SMILES string of the molecule is Cc1ncsc1-c1ccc(CNC(=O)C2CC(O)CN2C(=O)C(NC(=O)COCCCOCCN)C(C)(C)C)cc1. The van der Waals surface area contributed by atoms with E-state index in [-0.39, 0.29) is 32.0 Å². The van der Waals surface area contributed by atoms with Gasteiger partial charge in [0, 0.05) is 39.3 Å². The number of thiazole rings is 1. The normalized spacial score (nSPS) is 17.9. The van der Waals surface area contributed by atoms with E-state index in [1.165, 1.54) is 4.90 Å². The fraction of sp³-hybridized carbons (Fsp3) is 0.586. The zero-order valence-electron chi connectivity index (χ0n) is 24.4. The largest absolute Gasteiger partial charge is 0.391 e. The van der Waals surface area contributed by atoms with Crippen LogP contribution < -0.4 is 16.4 Å². The van der Waals surface area contributed by atoms with Crippen LogP contribution in [0, 0.1) is 12.3 Å². The third-order valence-corrected chi connectivity index (χ3v) is 7.76. The minimum absolute atomic E-state index is 0.0154. The van der Waals surface area contributed by atoms with Crippen molar-refractivity contribution in [2.75, 3.05) is 39.5 Å². The van der Waals surface area contributed by atoms with Crippen molar-refractivity contribution < 1.29 is 29.0 Å². The number of nitrogens with two attached hydrogens (primary N) is 1. The molecule has 1 aromatic heterocycles. The van der Waals surface area contributed by atoms with Crippen LogP contribution in [0.3, 0.4) is 0 Å². The van der Waals surface area contributed by atoms with E-state index in [4.69, 9.17) is 15.2 Å². The van der Waals surface area contributed by atoms with Gasteiger partial charge in [0.1, 0.15) is 18.7 Å². The maximum Gasteiger partial charge on any atom is 0.246 e. The number of hydrogen-bond donors (Lipinski definition) is 4. The van der Waals surface area contributed by atoms with Crippen LogP contribution in [0.1, 0.15) is 44.9 Å². The molecule has 3 atom stereocenters. The third kappa shape index (κ3) is 9.57. The number of carbonyl (C=O) groups excluding carboxylic acids is 3. The topological polar surface area (TPSA) is 156 Å². The summed E-state index contributed by atoms with van der Waals surface area (Å²) in [4.78, 5) is 46.3. The number of ether oxygens (including phenoxy) is 2. The number of nitrogens with zero attached hydrogens (tertiary/aromatic N) is 2. The maximum absolute atomic E-state index is 13.7. The Morgan fingerprint density at radius 3 is 2.51 bits per heavy atom. The van der Waals surface area contributed by atoms with Gasteiger partial charge in [0.15, 0.2) is 0 Å². The first-order chi connectivity index (χ1) is 19.5. The first-order valence-corrected chi connectivity index (χ1v) is 14.8. The van der Waals surface area contributed by atoms with Gasteiger partial charge in [-0.25, -0.2) is 4.98 Å². The Labute approximate surface area is 245 Å². The van der Waals surface area contributed by atoms with E-state index in [1.54, 1.807) is 11.3 Å². The lowest BCUT2D eigenvalue weighted by molar-refractivity contribution is -0.144. The monoisotopic (exact) mass is 589 g/mol. The van der Waals surface area contributed by atoms with Gasteiger partial charge in [-0.05, 0) is 29.9 Å². The summed E-state index contributed by atoms with van der Waals surface area (Å²) in [7, 11) is 0. The average molecular weight is 590 g/mol. The van der Waals surface area contributed by atoms with Gasteiger partial charge in [-0.3, -0.25) is 14.4 Å². The molecule has 1 aliphatic heterocycles. The van der Waals surface area contributed by atoms with E-state index >= 15 is 0 Å². The first-order valence-electron chi connectivity index (χ1n) is 13.9. The molecule has 0 spiro atoms. The van der Waals surface area contributed by atoms with Crippen molar-refractivity contribution in [3.8, 4) is 10.4 Å². The quantitative estimate of drug-likeness (QED) is 0.242. The number of benzene rings is 1. The molecule has 5 N–H and O–H groups in total. The zero-order valence-corrected chi connectivity index (χ0v) is 25.2. The molecule has 1 aromatic carbocycles. The lowest BCUT2D eigenvalue weighted by Crippen LogP contribution is -2.58. The molecule has 41 heavy (non-hydrogen) atoms. The summed E-state index contributed by atoms with van der Waals surface area (Å²) >= 11 is 1.58. The van der Waals surface area contributed by atoms with Crippen LogP contribution >= 0.6 is 11.3 Å². The summed E-state index contributed by atoms with van der Waals surface area (Å²) in [5.74, 6) is -1.20. The van der Waals surface area contributed by atoms with Gasteiger partial charge in [0.25, 0.3) is 0 Å². The lowest BCUT2D eigenvalue weighted by atomic mass is 9.85. The number of β-amino-alcohol motifs (C(OH)–C–C–N with tert-alkyl or cyclic N) is 1. The second-order valence-corrected chi connectivity index (χ2v) is 12.1. The van der Waals surface area contributed by atoms with E-state index in [1.807, 2.05) is 57.5 Å². The highest BCUT2D eigenvalue weighted by molar-refractivity contribution is 7.13. The second-order valence-electron chi connectivity index (χ2n) is 11.3. The minimum Gasteiger partial charge on any atom is -0.391 e. The van der Waals surface area contributed by atoms with Crippen LogP contribution in [-0.4, -0.2) is 90.4 Å². The minimum atomic E-state index is -0.908. The van der Waals surface area contributed by atoms with Gasteiger partial charge in [-0.2, -0.15) is 0 Å². The van der Waals surface area contributed by atoms with Crippen molar-refractivity contribution >= 4 is 29.1 Å². The Hall–Kier alpha value is -2.90. The van der Waals surface area contributed by atoms with Crippen LogP contribution in [0.2, 0.25) is 0 Å². The van der Waals surface area contributed by atoms with Crippen LogP contribution in [0.25, 0.3) is 10.4 Å². The van der Waals surface area contributed by atoms with Gasteiger partial charge >= 0.3 is 0 Å². The summed E-state index contributed by atoms with van der Waals surface area (Å²) in [6, 6.07) is 6.13. The fourth-order valence-corrected chi connectivity index (χ4v) is 5.41. The Balaban J connectivity index is 1.57. The predicted octanol–water partition coefficient (Wildman–Crippen LogP) is 1.61. The molecular weight excluding hydrogens is 546 g/mol. The second kappa shape index (κ2) is 15.4. The maximum atomic E-state index is 13.7. The number of likely N-dealkylation sites (tertiary alicyclic amines) is 1. The van der Waals surface area contributed by atoms with Crippen molar-refractivity contribution in [1.82, 2.24) is 20.5 Å². The van der Waals surface area contributed by atoms with Crippen molar-refractivity contribution in [2.45, 2.75) is 65.3 Å². The Bertz CT molecular complexity index is 1150. The summed E-state index contributed by atoms with van der Waals surface area (Å²) in [6.45, 7) is 9.32. The van der Waals surface area contributed by atoms with Crippen molar-refractivity contribution in [1.29, 1.82) is 0 Å². The van der Waals surface area contributed by atoms with E-state index in [2.05, 4.69) is 15.6 Å². The molecule has 2 aromatic rings. The van der Waals surface area contributed by atoms with E-state index in [0.717, 1.165) is 21.7 Å². The van der Waals surface area contributed by atoms with Crippen molar-refractivity contribution in [3.05, 3.63) is 41.0 Å². The summed E-state index contributed by atoms with van der Waals surface area (Å²) < 4.78 is 10.7. The van der Waals surface area contributed by atoms with Crippen LogP contribution in [0.15, 0.2) is 29.8 Å². The molecule has 0 aliphatic carbocycles. The lowest BCUT2D eigenvalue weighted by Gasteiger charge is -2.35. The van der Waals surface area contributed by atoms with Crippen LogP contribution in [0.5, 0.6) is 0 Å². The molecule has 1 saturated heterocycles. The van der Waals surface area contributed by atoms with E-state index in [9.17, 15) is 19.5 Å². The number of carbonyl (C=O) groups is 3. The van der Waals surface area contributed by atoms with Crippen molar-refractivity contribution in [3.63, 3.8) is 0 Å². The Morgan fingerprint density at radius 1 is 1.17 bits per heavy atom. The Kier molecular flexibility index (Phi) is 12.2. The molecule has 1 fully saturated rings. The standard InChI is InChI=1S/C29H43N5O6S/c1-19-25(41-18-32-19)21-8-6-20(7-9-21)15-31-27(37)23-14-22(35)16-34(23)28(38)26(29(2,3)4)33-24(36)17-40-12-5-11-39-13-10-30/h6-9,18,22-23,26,35H,5,10-17,30H2,1-4H3,(H,31,37)(H,33,36). The van der Waals surface area contributed by atoms with E-state index < -0.39 is 35.4 Å². The molecule has 3 rings (SSSR count). The summed E-state index contributed by atoms with van der Waals surface area (Å²) in [6.07, 6.45) is -0.0907. The number of aliphatic hydroxyl groups excluding tert-OH is 1. The number of hydrogen-bond acceptors (Lipinski definition) is 9. The number of nitrogens with one attached hydrogen (secondary N) is 2. The number of aryl methyl sites for hydroxylation is 1. The number of amides is 3. The molecule has 0 saturated carbocycles. The molecule has 1 aliphatic rings. The Morgan fingerprint density at radius 2 is 1.88 bits per heavy atom. The molecule has 3 amide bonds. The highest BCUT2D eigenvalue weighted by atomic mass is 32.1. The molecule has 226 valence electrons. The van der Waals surface area contributed by atoms with Crippen LogP contribution in [0.4, 0.5) is 0 Å². The van der Waals surface area contributed by atoms with E-state index in [0.29, 0.717) is 32.8 Å². The molecule has 2 heterocycles. The highest BCUT2D eigenvalue weighted by Gasteiger charge is 2.44. The number of rotatable bonds is 14. The molecule has 11 nitrogen and oxygen atoms in total. The van der Waals surface area contributed by atoms with Gasteiger partial charge in [-0.15, -0.1) is 11.3 Å². The number of aromatic nitrogens is 1. The summed E-state index contributed by atoms with van der Waals surface area (Å²) in [5, 5.41) is 16.1. The summed E-state index contributed by atoms with van der Waals surface area (Å²) in [5.41, 5.74) is 9.49. The van der Waals surface area contributed by atoms with Crippen molar-refractivity contribution in [2.24, 2.45) is 11.1 Å². The molecule has 3 unspecified atom stereocenters. The molecule has 12 heteroatoms. The zero-order chi connectivity index (χ0) is 30.0. The first kappa shape index (κ1) is 32.6. The number of aliphatic hydroxyl groups is 1. The average Bonchev–Trinajstić information content (AvgIpc) is 3.54. The van der Waals surface area contributed by atoms with Gasteiger partial charge in [0.2, 0.25) is 17.7 Å². The molecule has 0 radical (unpaired) electrons. The molecular formula is C29H43N5O6S. The van der Waals surface area contributed by atoms with Crippen LogP contribution in [-0.2, 0) is 30.4 Å². The van der Waals surface area contributed by atoms with Gasteiger partial charge < -0.3 is 35.8 Å². The van der Waals surface area contributed by atoms with Gasteiger partial charge in [0.05, 0.1) is 28.8 Å². The highest BCUT2D eigenvalue weighted by Crippen LogP contribution is 2.28. The predicted molar refractivity (Wildman–Crippen MR) is 157 cm³/mol. The van der Waals surface area contributed by atoms with Gasteiger partial charge in [-0.1, -0.05) is 45.0 Å². The molecule has 0 bridgehead atoms. The smallest absolute Gasteiger partial charge is 0.246 e.